The standard InChI is InChI=1S/C31H31NO6/c1-4-37-26-17-21(9-13-24(26)33)28-27(29(34)22-10-14-25-20(16-22)6-5-15-38-25)30(35)31(36)32(28)23-11-7-19(8-12-23)18(2)3/h7-14,16-18,28,33-34H,4-6,15H2,1-3H3/b29-27+. The monoisotopic (exact) mass is 513 g/mol. The van der Waals surface area contributed by atoms with E-state index < -0.39 is 17.7 Å². The van der Waals surface area contributed by atoms with E-state index in [1.807, 2.05) is 30.3 Å². The lowest BCUT2D eigenvalue weighted by atomic mass is 9.93. The van der Waals surface area contributed by atoms with E-state index in [0.717, 1.165) is 29.7 Å². The van der Waals surface area contributed by atoms with Gasteiger partial charge in [-0.1, -0.05) is 32.0 Å². The molecule has 2 aliphatic rings. The first-order valence-electron chi connectivity index (χ1n) is 12.9. The Kier molecular flexibility index (Phi) is 6.85. The normalized spacial score (nSPS) is 18.4. The highest BCUT2D eigenvalue weighted by Gasteiger charge is 2.47. The number of aliphatic hydroxyl groups is 1. The third kappa shape index (κ3) is 4.49. The van der Waals surface area contributed by atoms with Gasteiger partial charge in [-0.05, 0) is 84.8 Å². The molecule has 7 nitrogen and oxygen atoms in total. The molecule has 2 heterocycles. The number of aliphatic hydroxyl groups excluding tert-OH is 1. The average molecular weight is 514 g/mol. The molecule has 0 spiro atoms. The van der Waals surface area contributed by atoms with E-state index in [-0.39, 0.29) is 22.8 Å². The number of aromatic hydroxyl groups is 1. The number of hydrogen-bond acceptors (Lipinski definition) is 6. The minimum absolute atomic E-state index is 0.0206. The highest BCUT2D eigenvalue weighted by Crippen LogP contribution is 2.44. The summed E-state index contributed by atoms with van der Waals surface area (Å²) in [4.78, 5) is 28.4. The molecule has 1 amide bonds. The van der Waals surface area contributed by atoms with Crippen LogP contribution in [-0.4, -0.2) is 35.1 Å². The number of carbonyl (C=O) groups is 2. The molecule has 3 aromatic rings. The number of ether oxygens (including phenoxy) is 2. The van der Waals surface area contributed by atoms with Crippen molar-refractivity contribution in [2.24, 2.45) is 0 Å². The van der Waals surface area contributed by atoms with E-state index in [9.17, 15) is 19.8 Å². The number of anilines is 1. The third-order valence-electron chi connectivity index (χ3n) is 7.06. The fourth-order valence-electron chi connectivity index (χ4n) is 5.07. The SMILES string of the molecule is CCOc1cc(C2/C(=C(\O)c3ccc4c(c3)CCCO4)C(=O)C(=O)N2c2ccc(C(C)C)cc2)ccc1O. The number of phenolic OH excluding ortho intramolecular Hbond substituents is 1. The maximum atomic E-state index is 13.5. The molecular weight excluding hydrogens is 482 g/mol. The number of amides is 1. The fourth-order valence-corrected chi connectivity index (χ4v) is 5.07. The van der Waals surface area contributed by atoms with Crippen molar-refractivity contribution in [3.05, 3.63) is 88.5 Å². The molecule has 1 unspecified atom stereocenters. The molecule has 5 rings (SSSR count). The number of hydrogen-bond donors (Lipinski definition) is 2. The van der Waals surface area contributed by atoms with Crippen molar-refractivity contribution in [3.63, 3.8) is 0 Å². The molecule has 196 valence electrons. The van der Waals surface area contributed by atoms with Crippen molar-refractivity contribution >= 4 is 23.1 Å². The lowest BCUT2D eigenvalue weighted by molar-refractivity contribution is -0.132. The van der Waals surface area contributed by atoms with Crippen LogP contribution in [0, 0.1) is 0 Å². The van der Waals surface area contributed by atoms with E-state index in [0.29, 0.717) is 35.9 Å². The number of carbonyl (C=O) groups excluding carboxylic acids is 2. The van der Waals surface area contributed by atoms with Crippen LogP contribution >= 0.6 is 0 Å². The molecule has 0 aromatic heterocycles. The molecular formula is C31H31NO6. The van der Waals surface area contributed by atoms with Gasteiger partial charge in [0, 0.05) is 11.3 Å². The second kappa shape index (κ2) is 10.2. The zero-order valence-electron chi connectivity index (χ0n) is 21.7. The summed E-state index contributed by atoms with van der Waals surface area (Å²) in [6.07, 6.45) is 1.66. The number of Topliss-reactive ketones (excluding diaryl/α,β-unsaturated/α-hetero) is 1. The smallest absolute Gasteiger partial charge is 0.300 e. The van der Waals surface area contributed by atoms with Gasteiger partial charge in [-0.3, -0.25) is 14.5 Å². The Morgan fingerprint density at radius 1 is 1.08 bits per heavy atom. The number of nitrogens with zero attached hydrogens (tertiary/aromatic N) is 1. The molecule has 3 aromatic carbocycles. The predicted octanol–water partition coefficient (Wildman–Crippen LogP) is 5.87. The van der Waals surface area contributed by atoms with Crippen molar-refractivity contribution in [1.82, 2.24) is 0 Å². The molecule has 2 aliphatic heterocycles. The van der Waals surface area contributed by atoms with Crippen LogP contribution in [0.4, 0.5) is 5.69 Å². The Morgan fingerprint density at radius 2 is 1.84 bits per heavy atom. The first-order chi connectivity index (χ1) is 18.3. The van der Waals surface area contributed by atoms with Gasteiger partial charge in [0.05, 0.1) is 24.8 Å². The van der Waals surface area contributed by atoms with Crippen LogP contribution in [0.1, 0.15) is 61.4 Å². The van der Waals surface area contributed by atoms with Gasteiger partial charge >= 0.3 is 0 Å². The molecule has 0 bridgehead atoms. The number of benzene rings is 3. The van der Waals surface area contributed by atoms with Crippen molar-refractivity contribution in [2.45, 2.75) is 45.6 Å². The Morgan fingerprint density at radius 3 is 2.55 bits per heavy atom. The second-order valence-electron chi connectivity index (χ2n) is 9.85. The maximum Gasteiger partial charge on any atom is 0.300 e. The lowest BCUT2D eigenvalue weighted by Gasteiger charge is -2.26. The van der Waals surface area contributed by atoms with Crippen LogP contribution in [0.3, 0.4) is 0 Å². The predicted molar refractivity (Wildman–Crippen MR) is 145 cm³/mol. The molecule has 7 heteroatoms. The highest BCUT2D eigenvalue weighted by molar-refractivity contribution is 6.51. The Labute approximate surface area is 221 Å². The summed E-state index contributed by atoms with van der Waals surface area (Å²) in [5.41, 5.74) is 3.52. The molecule has 1 atom stereocenters. The summed E-state index contributed by atoms with van der Waals surface area (Å²) in [6, 6.07) is 16.6. The largest absolute Gasteiger partial charge is 0.507 e. The molecule has 0 radical (unpaired) electrons. The number of phenols is 1. The summed E-state index contributed by atoms with van der Waals surface area (Å²) in [6.45, 7) is 6.93. The van der Waals surface area contributed by atoms with Crippen molar-refractivity contribution in [3.8, 4) is 17.2 Å². The topological polar surface area (TPSA) is 96.3 Å². The van der Waals surface area contributed by atoms with Crippen molar-refractivity contribution in [1.29, 1.82) is 0 Å². The minimum atomic E-state index is -0.924. The summed E-state index contributed by atoms with van der Waals surface area (Å²) in [7, 11) is 0. The number of rotatable bonds is 6. The summed E-state index contributed by atoms with van der Waals surface area (Å²) in [5.74, 6) is -0.528. The van der Waals surface area contributed by atoms with Gasteiger partial charge < -0.3 is 19.7 Å². The molecule has 2 N–H and O–H groups in total. The zero-order valence-corrected chi connectivity index (χ0v) is 21.7. The molecule has 38 heavy (non-hydrogen) atoms. The Balaban J connectivity index is 1.69. The van der Waals surface area contributed by atoms with Gasteiger partial charge in [-0.25, -0.2) is 0 Å². The summed E-state index contributed by atoms with van der Waals surface area (Å²) in [5, 5.41) is 21.8. The van der Waals surface area contributed by atoms with Gasteiger partial charge in [0.15, 0.2) is 11.5 Å². The molecule has 0 saturated carbocycles. The van der Waals surface area contributed by atoms with E-state index in [1.54, 1.807) is 31.2 Å². The van der Waals surface area contributed by atoms with Gasteiger partial charge in [-0.15, -0.1) is 0 Å². The van der Waals surface area contributed by atoms with E-state index in [4.69, 9.17) is 9.47 Å². The van der Waals surface area contributed by atoms with Crippen LogP contribution in [0.5, 0.6) is 17.2 Å². The maximum absolute atomic E-state index is 13.5. The summed E-state index contributed by atoms with van der Waals surface area (Å²) < 4.78 is 11.3. The number of ketones is 1. The highest BCUT2D eigenvalue weighted by atomic mass is 16.5. The molecule has 0 aliphatic carbocycles. The Bertz CT molecular complexity index is 1420. The average Bonchev–Trinajstić information content (AvgIpc) is 3.19. The van der Waals surface area contributed by atoms with Gasteiger partial charge in [-0.2, -0.15) is 0 Å². The van der Waals surface area contributed by atoms with Crippen LogP contribution in [0.15, 0.2) is 66.2 Å². The van der Waals surface area contributed by atoms with Crippen molar-refractivity contribution < 1.29 is 29.3 Å². The van der Waals surface area contributed by atoms with Gasteiger partial charge in [0.25, 0.3) is 11.7 Å². The minimum Gasteiger partial charge on any atom is -0.507 e. The first kappa shape index (κ1) is 25.4. The first-order valence-corrected chi connectivity index (χ1v) is 12.9. The quantitative estimate of drug-likeness (QED) is 0.243. The van der Waals surface area contributed by atoms with Crippen LogP contribution in [-0.2, 0) is 16.0 Å². The lowest BCUT2D eigenvalue weighted by Crippen LogP contribution is -2.29. The van der Waals surface area contributed by atoms with Crippen molar-refractivity contribution in [2.75, 3.05) is 18.1 Å². The van der Waals surface area contributed by atoms with Gasteiger partial charge in [0.1, 0.15) is 11.5 Å². The van der Waals surface area contributed by atoms with Crippen LogP contribution < -0.4 is 14.4 Å². The number of fused-ring (bicyclic) bond motifs is 1. The molecule has 1 fully saturated rings. The number of aryl methyl sites for hydroxylation is 1. The second-order valence-corrected chi connectivity index (χ2v) is 9.85. The molecule has 1 saturated heterocycles. The van der Waals surface area contributed by atoms with Crippen LogP contribution in [0.25, 0.3) is 5.76 Å². The van der Waals surface area contributed by atoms with Gasteiger partial charge in [0.2, 0.25) is 0 Å². The Hall–Kier alpha value is -4.26. The zero-order chi connectivity index (χ0) is 27.0. The third-order valence-corrected chi connectivity index (χ3v) is 7.06. The van der Waals surface area contributed by atoms with E-state index in [1.165, 1.54) is 11.0 Å². The van der Waals surface area contributed by atoms with E-state index in [2.05, 4.69) is 13.8 Å². The van der Waals surface area contributed by atoms with E-state index >= 15 is 0 Å². The van der Waals surface area contributed by atoms with Crippen LogP contribution in [0.2, 0.25) is 0 Å². The summed E-state index contributed by atoms with van der Waals surface area (Å²) >= 11 is 0. The fraction of sp³-hybridized carbons (Fsp3) is 0.290.